The summed E-state index contributed by atoms with van der Waals surface area (Å²) in [5.41, 5.74) is 7.19. The third-order valence-electron chi connectivity index (χ3n) is 6.24. The minimum Gasteiger partial charge on any atom is -0.444 e. The highest BCUT2D eigenvalue weighted by Crippen LogP contribution is 2.35. The number of nitrogens with one attached hydrogen (secondary N) is 1. The molecular formula is C32H41N3O2. The smallest absolute Gasteiger partial charge is 0.407 e. The van der Waals surface area contributed by atoms with E-state index in [-0.39, 0.29) is 0 Å². The van der Waals surface area contributed by atoms with E-state index < -0.39 is 11.7 Å². The fraction of sp³-hybridized carbons (Fsp3) is 0.469. The fourth-order valence-corrected chi connectivity index (χ4v) is 4.54. The van der Waals surface area contributed by atoms with Crippen LogP contribution in [0.25, 0.3) is 22.0 Å². The second-order valence-corrected chi connectivity index (χ2v) is 11.3. The maximum Gasteiger partial charge on any atom is 0.407 e. The molecule has 3 rings (SSSR count). The number of aryl methyl sites for hydroxylation is 2. The molecule has 1 N–H and O–H groups in total. The number of hydrogen-bond donors (Lipinski definition) is 1. The predicted molar refractivity (Wildman–Crippen MR) is 151 cm³/mol. The molecule has 0 aliphatic heterocycles. The molecule has 0 fully saturated rings. The lowest BCUT2D eigenvalue weighted by atomic mass is 9.90. The van der Waals surface area contributed by atoms with Crippen LogP contribution in [0.1, 0.15) is 82.7 Å². The van der Waals surface area contributed by atoms with E-state index in [4.69, 9.17) is 15.0 Å². The third-order valence-corrected chi connectivity index (χ3v) is 6.24. The first kappa shape index (κ1) is 28.2. The third kappa shape index (κ3) is 8.32. The molecule has 1 aromatic heterocycles. The number of pyridine rings is 1. The number of unbranched alkanes of at least 4 members (excludes halogenated alkanes) is 3. The number of ether oxygens (including phenoxy) is 1. The Morgan fingerprint density at radius 3 is 2.46 bits per heavy atom. The first-order valence-electron chi connectivity index (χ1n) is 13.4. The van der Waals surface area contributed by atoms with Crippen molar-refractivity contribution >= 4 is 17.0 Å². The van der Waals surface area contributed by atoms with E-state index >= 15 is 0 Å². The standard InChI is InChI=1S/C32H41N3O2/c1-22(2)19-29-27(21-34-31(36)37-32(4,5)6)30(25-15-12-23(3)13-16-25)26-20-24(14-17-28(26)35-29)11-9-7-8-10-18-33/h12-17,20,22H,7-11,19,21H2,1-6H3,(H,34,36). The summed E-state index contributed by atoms with van der Waals surface area (Å²) in [6.45, 7) is 12.4. The zero-order chi connectivity index (χ0) is 27.0. The number of carbonyl (C=O) groups is 1. The van der Waals surface area contributed by atoms with Crippen LogP contribution in [-0.4, -0.2) is 16.7 Å². The van der Waals surface area contributed by atoms with Crippen LogP contribution in [0.3, 0.4) is 0 Å². The average molecular weight is 500 g/mol. The Morgan fingerprint density at radius 2 is 1.81 bits per heavy atom. The van der Waals surface area contributed by atoms with Crippen molar-refractivity contribution in [2.75, 3.05) is 0 Å². The van der Waals surface area contributed by atoms with Gasteiger partial charge in [-0.1, -0.05) is 56.2 Å². The predicted octanol–water partition coefficient (Wildman–Crippen LogP) is 8.06. The summed E-state index contributed by atoms with van der Waals surface area (Å²) >= 11 is 0. The maximum atomic E-state index is 12.6. The summed E-state index contributed by atoms with van der Waals surface area (Å²) in [6, 6.07) is 17.4. The number of nitriles is 1. The number of nitrogens with zero attached hydrogens (tertiary/aromatic N) is 2. The van der Waals surface area contributed by atoms with Crippen molar-refractivity contribution in [3.8, 4) is 17.2 Å². The molecule has 5 heteroatoms. The van der Waals surface area contributed by atoms with Gasteiger partial charge in [0.1, 0.15) is 5.60 Å². The van der Waals surface area contributed by atoms with E-state index in [9.17, 15) is 4.79 Å². The van der Waals surface area contributed by atoms with E-state index in [0.29, 0.717) is 18.9 Å². The van der Waals surface area contributed by atoms with Gasteiger partial charge in [0.15, 0.2) is 0 Å². The Morgan fingerprint density at radius 1 is 1.08 bits per heavy atom. The summed E-state index contributed by atoms with van der Waals surface area (Å²) in [6.07, 6.45) is 5.02. The molecule has 2 aromatic carbocycles. The Balaban J connectivity index is 2.10. The number of fused-ring (bicyclic) bond motifs is 1. The Hall–Kier alpha value is -3.39. The van der Waals surface area contributed by atoms with Gasteiger partial charge in [0.2, 0.25) is 0 Å². The number of benzene rings is 2. The fourth-order valence-electron chi connectivity index (χ4n) is 4.54. The van der Waals surface area contributed by atoms with E-state index in [2.05, 4.69) is 74.6 Å². The van der Waals surface area contributed by atoms with E-state index in [1.54, 1.807) is 0 Å². The molecule has 196 valence electrons. The van der Waals surface area contributed by atoms with Crippen LogP contribution in [0.4, 0.5) is 4.79 Å². The lowest BCUT2D eigenvalue weighted by Crippen LogP contribution is -2.32. The van der Waals surface area contributed by atoms with Crippen molar-refractivity contribution in [1.82, 2.24) is 10.3 Å². The summed E-state index contributed by atoms with van der Waals surface area (Å²) in [7, 11) is 0. The first-order chi connectivity index (χ1) is 17.6. The zero-order valence-electron chi connectivity index (χ0n) is 23.3. The van der Waals surface area contributed by atoms with Crippen molar-refractivity contribution in [2.45, 2.75) is 92.2 Å². The maximum absolute atomic E-state index is 12.6. The van der Waals surface area contributed by atoms with Crippen LogP contribution in [-0.2, 0) is 24.1 Å². The molecule has 5 nitrogen and oxygen atoms in total. The van der Waals surface area contributed by atoms with Gasteiger partial charge in [-0.05, 0) is 88.1 Å². The van der Waals surface area contributed by atoms with Crippen molar-refractivity contribution in [3.63, 3.8) is 0 Å². The van der Waals surface area contributed by atoms with E-state index in [1.165, 1.54) is 11.1 Å². The van der Waals surface area contributed by atoms with Gasteiger partial charge in [-0.3, -0.25) is 4.98 Å². The largest absolute Gasteiger partial charge is 0.444 e. The summed E-state index contributed by atoms with van der Waals surface area (Å²) in [4.78, 5) is 17.7. The van der Waals surface area contributed by atoms with Crippen LogP contribution in [0, 0.1) is 24.2 Å². The molecule has 0 atom stereocenters. The molecule has 0 radical (unpaired) electrons. The molecule has 0 bridgehead atoms. The second-order valence-electron chi connectivity index (χ2n) is 11.3. The summed E-state index contributed by atoms with van der Waals surface area (Å²) in [5.74, 6) is 0.420. The van der Waals surface area contributed by atoms with Crippen molar-refractivity contribution in [3.05, 3.63) is 64.8 Å². The van der Waals surface area contributed by atoms with Crippen LogP contribution in [0.15, 0.2) is 42.5 Å². The molecule has 0 aliphatic carbocycles. The molecule has 0 saturated heterocycles. The van der Waals surface area contributed by atoms with Gasteiger partial charge >= 0.3 is 6.09 Å². The number of amides is 1. The number of alkyl carbamates (subject to hydrolysis) is 1. The van der Waals surface area contributed by atoms with Gasteiger partial charge in [-0.15, -0.1) is 0 Å². The molecule has 0 spiro atoms. The Kier molecular flexibility index (Phi) is 9.69. The van der Waals surface area contributed by atoms with Gasteiger partial charge in [-0.25, -0.2) is 4.79 Å². The average Bonchev–Trinajstić information content (AvgIpc) is 2.81. The number of carbonyl (C=O) groups excluding carboxylic acids is 1. The highest BCUT2D eigenvalue weighted by atomic mass is 16.6. The Labute approximate surface area is 222 Å². The molecule has 0 saturated carbocycles. The Bertz CT molecular complexity index is 1250. The van der Waals surface area contributed by atoms with Crippen molar-refractivity contribution in [2.24, 2.45) is 5.92 Å². The lowest BCUT2D eigenvalue weighted by Gasteiger charge is -2.22. The molecule has 1 amide bonds. The van der Waals surface area contributed by atoms with Crippen LogP contribution < -0.4 is 5.32 Å². The first-order valence-corrected chi connectivity index (χ1v) is 13.4. The second kappa shape index (κ2) is 12.7. The molecule has 37 heavy (non-hydrogen) atoms. The van der Waals surface area contributed by atoms with Crippen LogP contribution in [0.5, 0.6) is 0 Å². The van der Waals surface area contributed by atoms with Gasteiger partial charge < -0.3 is 10.1 Å². The van der Waals surface area contributed by atoms with Gasteiger partial charge in [0, 0.05) is 29.6 Å². The minimum absolute atomic E-state index is 0.349. The van der Waals surface area contributed by atoms with Gasteiger partial charge in [0.25, 0.3) is 0 Å². The monoisotopic (exact) mass is 499 g/mol. The SMILES string of the molecule is Cc1ccc(-c2c(CNC(=O)OC(C)(C)C)c(CC(C)C)nc3ccc(CCCCCC#N)cc23)cc1. The topological polar surface area (TPSA) is 75.0 Å². The van der Waals surface area contributed by atoms with Crippen molar-refractivity contribution in [1.29, 1.82) is 5.26 Å². The number of aromatic nitrogens is 1. The van der Waals surface area contributed by atoms with Crippen molar-refractivity contribution < 1.29 is 9.53 Å². The van der Waals surface area contributed by atoms with E-state index in [0.717, 1.165) is 65.4 Å². The summed E-state index contributed by atoms with van der Waals surface area (Å²) in [5, 5.41) is 12.9. The zero-order valence-corrected chi connectivity index (χ0v) is 23.3. The minimum atomic E-state index is -0.561. The molecule has 0 aliphatic rings. The normalized spacial score (nSPS) is 11.5. The summed E-state index contributed by atoms with van der Waals surface area (Å²) < 4.78 is 5.53. The molecule has 3 aromatic rings. The van der Waals surface area contributed by atoms with Crippen LogP contribution in [0.2, 0.25) is 0 Å². The number of hydrogen-bond acceptors (Lipinski definition) is 4. The number of rotatable bonds is 10. The molecule has 0 unspecified atom stereocenters. The highest BCUT2D eigenvalue weighted by molar-refractivity contribution is 5.97. The van der Waals surface area contributed by atoms with Crippen LogP contribution >= 0.6 is 0 Å². The molecular weight excluding hydrogens is 458 g/mol. The lowest BCUT2D eigenvalue weighted by molar-refractivity contribution is 0.0523. The van der Waals surface area contributed by atoms with E-state index in [1.807, 2.05) is 20.8 Å². The van der Waals surface area contributed by atoms with Gasteiger partial charge in [0.05, 0.1) is 11.6 Å². The highest BCUT2D eigenvalue weighted by Gasteiger charge is 2.21. The molecule has 1 heterocycles. The quantitative estimate of drug-likeness (QED) is 0.286. The van der Waals surface area contributed by atoms with Gasteiger partial charge in [-0.2, -0.15) is 5.26 Å².